The van der Waals surface area contributed by atoms with Crippen LogP contribution in [0.25, 0.3) is 0 Å². The fraction of sp³-hybridized carbons (Fsp3) is 0.600. The van der Waals surface area contributed by atoms with Crippen LogP contribution in [0.2, 0.25) is 0 Å². The number of hydrogen-bond acceptors (Lipinski definition) is 5. The SMILES string of the molecule is CCOC(=O)C1CN(S(C)(=O)=O)c2ccnn2C1. The van der Waals surface area contributed by atoms with Gasteiger partial charge in [-0.25, -0.2) is 13.1 Å². The molecule has 0 saturated heterocycles. The fourth-order valence-electron chi connectivity index (χ4n) is 1.95. The molecule has 0 fully saturated rings. The number of sulfonamides is 1. The molecule has 1 aromatic heterocycles. The third-order valence-electron chi connectivity index (χ3n) is 2.75. The quantitative estimate of drug-likeness (QED) is 0.715. The van der Waals surface area contributed by atoms with E-state index in [-0.39, 0.29) is 13.2 Å². The highest BCUT2D eigenvalue weighted by molar-refractivity contribution is 7.92. The van der Waals surface area contributed by atoms with Crippen LogP contribution in [-0.2, 0) is 26.1 Å². The molecule has 1 aromatic rings. The maximum absolute atomic E-state index is 11.7. The minimum atomic E-state index is -3.43. The first-order valence-electron chi connectivity index (χ1n) is 5.59. The van der Waals surface area contributed by atoms with Crippen LogP contribution in [0.4, 0.5) is 5.82 Å². The van der Waals surface area contributed by atoms with Gasteiger partial charge >= 0.3 is 5.97 Å². The molecular formula is C10H15N3O4S. The van der Waals surface area contributed by atoms with E-state index < -0.39 is 21.9 Å². The van der Waals surface area contributed by atoms with Crippen molar-refractivity contribution < 1.29 is 17.9 Å². The van der Waals surface area contributed by atoms with E-state index in [1.54, 1.807) is 13.0 Å². The summed E-state index contributed by atoms with van der Waals surface area (Å²) in [5.74, 6) is -0.433. The largest absolute Gasteiger partial charge is 0.466 e. The molecule has 1 unspecified atom stereocenters. The number of anilines is 1. The van der Waals surface area contributed by atoms with E-state index in [1.165, 1.54) is 15.2 Å². The van der Waals surface area contributed by atoms with Crippen molar-refractivity contribution in [1.82, 2.24) is 9.78 Å². The molecule has 0 radical (unpaired) electrons. The summed E-state index contributed by atoms with van der Waals surface area (Å²) in [7, 11) is -3.43. The molecule has 0 amide bonds. The molecule has 18 heavy (non-hydrogen) atoms. The Balaban J connectivity index is 2.31. The van der Waals surface area contributed by atoms with Crippen molar-refractivity contribution in [3.05, 3.63) is 12.3 Å². The molecular weight excluding hydrogens is 258 g/mol. The van der Waals surface area contributed by atoms with Gasteiger partial charge in [0.15, 0.2) is 0 Å². The van der Waals surface area contributed by atoms with Crippen molar-refractivity contribution in [2.75, 3.05) is 23.7 Å². The van der Waals surface area contributed by atoms with E-state index in [0.29, 0.717) is 12.4 Å². The first-order chi connectivity index (χ1) is 8.43. The number of carbonyl (C=O) groups is 1. The number of carbonyl (C=O) groups excluding carboxylic acids is 1. The number of nitrogens with zero attached hydrogens (tertiary/aromatic N) is 3. The monoisotopic (exact) mass is 273 g/mol. The summed E-state index contributed by atoms with van der Waals surface area (Å²) in [4.78, 5) is 11.7. The smallest absolute Gasteiger partial charge is 0.312 e. The van der Waals surface area contributed by atoms with Crippen molar-refractivity contribution in [2.45, 2.75) is 13.5 Å². The van der Waals surface area contributed by atoms with Crippen LogP contribution in [0.1, 0.15) is 6.92 Å². The topological polar surface area (TPSA) is 81.5 Å². The molecule has 1 aliphatic rings. The maximum Gasteiger partial charge on any atom is 0.312 e. The van der Waals surface area contributed by atoms with Gasteiger partial charge in [0.25, 0.3) is 0 Å². The van der Waals surface area contributed by atoms with E-state index in [2.05, 4.69) is 5.10 Å². The second kappa shape index (κ2) is 4.60. The third kappa shape index (κ3) is 2.33. The van der Waals surface area contributed by atoms with Gasteiger partial charge in [-0.15, -0.1) is 0 Å². The second-order valence-electron chi connectivity index (χ2n) is 4.11. The van der Waals surface area contributed by atoms with Crippen molar-refractivity contribution >= 4 is 21.8 Å². The van der Waals surface area contributed by atoms with Gasteiger partial charge in [0.05, 0.1) is 38.1 Å². The Morgan fingerprint density at radius 2 is 2.28 bits per heavy atom. The fourth-order valence-corrected chi connectivity index (χ4v) is 2.90. The Hall–Kier alpha value is -1.57. The average Bonchev–Trinajstić information content (AvgIpc) is 2.74. The number of fused-ring (bicyclic) bond motifs is 1. The van der Waals surface area contributed by atoms with Gasteiger partial charge in [-0.1, -0.05) is 0 Å². The summed E-state index contributed by atoms with van der Waals surface area (Å²) >= 11 is 0. The van der Waals surface area contributed by atoms with Gasteiger partial charge in [0.1, 0.15) is 5.82 Å². The van der Waals surface area contributed by atoms with Crippen LogP contribution >= 0.6 is 0 Å². The van der Waals surface area contributed by atoms with Gasteiger partial charge in [0.2, 0.25) is 10.0 Å². The van der Waals surface area contributed by atoms with Crippen LogP contribution in [-0.4, -0.2) is 43.6 Å². The zero-order valence-electron chi connectivity index (χ0n) is 10.2. The lowest BCUT2D eigenvalue weighted by atomic mass is 10.1. The summed E-state index contributed by atoms with van der Waals surface area (Å²) in [6, 6.07) is 1.61. The Morgan fingerprint density at radius 3 is 2.89 bits per heavy atom. The number of hydrogen-bond donors (Lipinski definition) is 0. The van der Waals surface area contributed by atoms with Crippen molar-refractivity contribution in [3.8, 4) is 0 Å². The zero-order chi connectivity index (χ0) is 13.3. The Morgan fingerprint density at radius 1 is 1.56 bits per heavy atom. The van der Waals surface area contributed by atoms with Gasteiger partial charge in [-0.05, 0) is 6.92 Å². The highest BCUT2D eigenvalue weighted by Crippen LogP contribution is 2.25. The van der Waals surface area contributed by atoms with E-state index in [9.17, 15) is 13.2 Å². The molecule has 100 valence electrons. The second-order valence-corrected chi connectivity index (χ2v) is 6.02. The van der Waals surface area contributed by atoms with Crippen LogP contribution in [0.5, 0.6) is 0 Å². The standard InChI is InChI=1S/C10H15N3O4S/c1-3-17-10(14)8-6-12-9(4-5-11-12)13(7-8)18(2,15)16/h4-5,8H,3,6-7H2,1-2H3. The normalized spacial score (nSPS) is 19.4. The number of rotatable bonds is 3. The molecule has 1 atom stereocenters. The van der Waals surface area contributed by atoms with E-state index >= 15 is 0 Å². The predicted molar refractivity (Wildman–Crippen MR) is 64.5 cm³/mol. The van der Waals surface area contributed by atoms with Crippen LogP contribution < -0.4 is 4.31 Å². The lowest BCUT2D eigenvalue weighted by molar-refractivity contribution is -0.148. The molecule has 7 nitrogen and oxygen atoms in total. The van der Waals surface area contributed by atoms with Gasteiger partial charge in [0, 0.05) is 6.07 Å². The van der Waals surface area contributed by atoms with Crippen LogP contribution in [0.3, 0.4) is 0 Å². The van der Waals surface area contributed by atoms with E-state index in [1.807, 2.05) is 0 Å². The number of aromatic nitrogens is 2. The van der Waals surface area contributed by atoms with Crippen LogP contribution in [0, 0.1) is 5.92 Å². The first-order valence-corrected chi connectivity index (χ1v) is 7.44. The molecule has 0 spiro atoms. The molecule has 2 rings (SSSR count). The van der Waals surface area contributed by atoms with Crippen LogP contribution in [0.15, 0.2) is 12.3 Å². The molecule has 8 heteroatoms. The Kier molecular flexibility index (Phi) is 3.29. The lowest BCUT2D eigenvalue weighted by Crippen LogP contribution is -2.44. The van der Waals surface area contributed by atoms with Gasteiger partial charge in [-0.2, -0.15) is 5.10 Å². The molecule has 0 bridgehead atoms. The summed E-state index contributed by atoms with van der Waals surface area (Å²) in [5, 5.41) is 4.02. The highest BCUT2D eigenvalue weighted by Gasteiger charge is 2.34. The number of esters is 1. The van der Waals surface area contributed by atoms with Crippen molar-refractivity contribution in [2.24, 2.45) is 5.92 Å². The molecule has 0 aliphatic carbocycles. The Labute approximate surface area is 105 Å². The third-order valence-corrected chi connectivity index (χ3v) is 3.89. The van der Waals surface area contributed by atoms with E-state index in [0.717, 1.165) is 6.26 Å². The van der Waals surface area contributed by atoms with Gasteiger partial charge < -0.3 is 4.74 Å². The summed E-state index contributed by atoms with van der Waals surface area (Å²) in [6.07, 6.45) is 2.62. The maximum atomic E-state index is 11.7. The molecule has 0 aromatic carbocycles. The highest BCUT2D eigenvalue weighted by atomic mass is 32.2. The molecule has 0 saturated carbocycles. The summed E-state index contributed by atoms with van der Waals surface area (Å²) in [5.41, 5.74) is 0. The van der Waals surface area contributed by atoms with E-state index in [4.69, 9.17) is 4.74 Å². The molecule has 0 N–H and O–H groups in total. The molecule has 2 heterocycles. The van der Waals surface area contributed by atoms with Crippen molar-refractivity contribution in [3.63, 3.8) is 0 Å². The minimum absolute atomic E-state index is 0.101. The number of ether oxygens (including phenoxy) is 1. The average molecular weight is 273 g/mol. The zero-order valence-corrected chi connectivity index (χ0v) is 11.1. The first kappa shape index (κ1) is 12.9. The summed E-state index contributed by atoms with van der Waals surface area (Å²) < 4.78 is 31.0. The predicted octanol–water partition coefficient (Wildman–Crippen LogP) is -0.158. The van der Waals surface area contributed by atoms with Crippen molar-refractivity contribution in [1.29, 1.82) is 0 Å². The Bertz CT molecular complexity index is 551. The summed E-state index contributed by atoms with van der Waals surface area (Å²) in [6.45, 7) is 2.44. The minimum Gasteiger partial charge on any atom is -0.466 e. The lowest BCUT2D eigenvalue weighted by Gasteiger charge is -2.31. The van der Waals surface area contributed by atoms with Gasteiger partial charge in [-0.3, -0.25) is 9.10 Å². The molecule has 1 aliphatic heterocycles.